The van der Waals surface area contributed by atoms with Gasteiger partial charge in [-0.25, -0.2) is 4.39 Å². The molecule has 1 saturated heterocycles. The molecule has 0 aromatic heterocycles. The van der Waals surface area contributed by atoms with Crippen molar-refractivity contribution in [2.24, 2.45) is 5.10 Å². The minimum Gasteiger partial charge on any atom is -0.294 e. The van der Waals surface area contributed by atoms with Gasteiger partial charge in [0.15, 0.2) is 0 Å². The topological polar surface area (TPSA) is 18.8 Å². The molecule has 3 nitrogen and oxygen atoms in total. The number of piperazine rings is 1. The Balaban J connectivity index is 1.48. The molecular weight excluding hydrogens is 385 g/mol. The number of benzene rings is 3. The minimum absolute atomic E-state index is 0.213. The van der Waals surface area contributed by atoms with Crippen molar-refractivity contribution in [2.45, 2.75) is 6.04 Å². The monoisotopic (exact) mass is 407 g/mol. The van der Waals surface area contributed by atoms with Crippen LogP contribution < -0.4 is 0 Å². The molecule has 5 heteroatoms. The lowest BCUT2D eigenvalue weighted by Gasteiger charge is -2.38. The van der Waals surface area contributed by atoms with Crippen LogP contribution in [0.25, 0.3) is 0 Å². The fourth-order valence-corrected chi connectivity index (χ4v) is 3.96. The van der Waals surface area contributed by atoms with Crippen LogP contribution in [-0.2, 0) is 0 Å². The summed E-state index contributed by atoms with van der Waals surface area (Å²) in [7, 11) is 0. The molecule has 1 aliphatic heterocycles. The van der Waals surface area contributed by atoms with Gasteiger partial charge < -0.3 is 0 Å². The van der Waals surface area contributed by atoms with Gasteiger partial charge in [-0.1, -0.05) is 78.3 Å². The lowest BCUT2D eigenvalue weighted by atomic mass is 9.96. The number of halogens is 2. The van der Waals surface area contributed by atoms with Gasteiger partial charge in [0.1, 0.15) is 5.82 Å². The molecular formula is C24H23ClFN3. The first kappa shape index (κ1) is 19.6. The molecule has 0 saturated carbocycles. The number of hydrogen-bond acceptors (Lipinski definition) is 3. The third-order valence-corrected chi connectivity index (χ3v) is 5.57. The number of hydrogen-bond donors (Lipinski definition) is 0. The molecule has 3 aromatic rings. The van der Waals surface area contributed by atoms with Crippen molar-refractivity contribution in [1.82, 2.24) is 9.91 Å². The van der Waals surface area contributed by atoms with Gasteiger partial charge in [-0.15, -0.1) is 0 Å². The van der Waals surface area contributed by atoms with Gasteiger partial charge in [-0.05, 0) is 23.3 Å². The molecule has 4 rings (SSSR count). The second-order valence-electron chi connectivity index (χ2n) is 7.09. The van der Waals surface area contributed by atoms with Crippen LogP contribution in [0.5, 0.6) is 0 Å². The summed E-state index contributed by atoms with van der Waals surface area (Å²) in [4.78, 5) is 2.48. The summed E-state index contributed by atoms with van der Waals surface area (Å²) in [6.45, 7) is 3.30. The van der Waals surface area contributed by atoms with Crippen LogP contribution in [0.1, 0.15) is 22.7 Å². The smallest absolute Gasteiger partial charge is 0.133 e. The highest BCUT2D eigenvalue weighted by atomic mass is 35.5. The van der Waals surface area contributed by atoms with E-state index in [0.717, 1.165) is 26.2 Å². The lowest BCUT2D eigenvalue weighted by molar-refractivity contribution is 0.113. The Bertz CT molecular complexity index is 895. The van der Waals surface area contributed by atoms with Crippen LogP contribution in [0.15, 0.2) is 84.0 Å². The molecule has 1 heterocycles. The standard InChI is InChI=1S/C24H23ClFN3/c25-22-12-7-13-23(26)21(22)18-27-29-16-14-28(15-17-29)24(19-8-3-1-4-9-19)20-10-5-2-6-11-20/h1-13,18,24H,14-17H2/b27-18+. The average Bonchev–Trinajstić information content (AvgIpc) is 2.76. The zero-order valence-corrected chi connectivity index (χ0v) is 16.8. The molecule has 1 aliphatic rings. The first-order valence-corrected chi connectivity index (χ1v) is 10.2. The van der Waals surface area contributed by atoms with Crippen molar-refractivity contribution < 1.29 is 4.39 Å². The molecule has 1 fully saturated rings. The summed E-state index contributed by atoms with van der Waals surface area (Å²) in [5, 5.41) is 6.83. The van der Waals surface area contributed by atoms with Crippen molar-refractivity contribution >= 4 is 17.8 Å². The van der Waals surface area contributed by atoms with Crippen molar-refractivity contribution in [3.05, 3.63) is 106 Å². The second kappa shape index (κ2) is 9.21. The van der Waals surface area contributed by atoms with E-state index in [4.69, 9.17) is 11.6 Å². The van der Waals surface area contributed by atoms with E-state index in [9.17, 15) is 4.39 Å². The van der Waals surface area contributed by atoms with Gasteiger partial charge in [0.05, 0.1) is 17.3 Å². The van der Waals surface area contributed by atoms with E-state index in [2.05, 4.69) is 58.5 Å². The third kappa shape index (κ3) is 4.66. The number of hydrazone groups is 1. The normalized spacial score (nSPS) is 15.3. The highest BCUT2D eigenvalue weighted by molar-refractivity contribution is 6.33. The molecule has 148 valence electrons. The fourth-order valence-electron chi connectivity index (χ4n) is 3.74. The van der Waals surface area contributed by atoms with Crippen LogP contribution >= 0.6 is 11.6 Å². The summed E-state index contributed by atoms with van der Waals surface area (Å²) in [6.07, 6.45) is 1.53. The molecule has 0 N–H and O–H groups in total. The fraction of sp³-hybridized carbons (Fsp3) is 0.208. The van der Waals surface area contributed by atoms with Crippen LogP contribution in [0, 0.1) is 5.82 Å². The summed E-state index contributed by atoms with van der Waals surface area (Å²) in [6, 6.07) is 26.1. The van der Waals surface area contributed by atoms with E-state index in [0.29, 0.717) is 10.6 Å². The van der Waals surface area contributed by atoms with Crippen LogP contribution in [0.3, 0.4) is 0 Å². The molecule has 0 bridgehead atoms. The highest BCUT2D eigenvalue weighted by Crippen LogP contribution is 2.29. The minimum atomic E-state index is -0.354. The van der Waals surface area contributed by atoms with E-state index < -0.39 is 0 Å². The van der Waals surface area contributed by atoms with Crippen molar-refractivity contribution in [3.8, 4) is 0 Å². The second-order valence-corrected chi connectivity index (χ2v) is 7.50. The molecule has 0 amide bonds. The van der Waals surface area contributed by atoms with Gasteiger partial charge in [-0.2, -0.15) is 5.10 Å². The van der Waals surface area contributed by atoms with Crippen molar-refractivity contribution in [3.63, 3.8) is 0 Å². The molecule has 0 atom stereocenters. The number of rotatable bonds is 5. The Morgan fingerprint density at radius 3 is 1.93 bits per heavy atom. The molecule has 0 radical (unpaired) electrons. The Kier molecular flexibility index (Phi) is 6.23. The van der Waals surface area contributed by atoms with Crippen LogP contribution in [0.2, 0.25) is 5.02 Å². The van der Waals surface area contributed by atoms with E-state index >= 15 is 0 Å². The summed E-state index contributed by atoms with van der Waals surface area (Å²) in [5.74, 6) is -0.354. The van der Waals surface area contributed by atoms with E-state index in [1.807, 2.05) is 17.1 Å². The molecule has 0 aliphatic carbocycles. The van der Waals surface area contributed by atoms with Crippen molar-refractivity contribution in [2.75, 3.05) is 26.2 Å². The zero-order valence-electron chi connectivity index (χ0n) is 16.1. The quantitative estimate of drug-likeness (QED) is 0.540. The molecule has 0 spiro atoms. The van der Waals surface area contributed by atoms with Crippen LogP contribution in [0.4, 0.5) is 4.39 Å². The Hall–Kier alpha value is -2.69. The summed E-state index contributed by atoms with van der Waals surface area (Å²) >= 11 is 6.09. The third-order valence-electron chi connectivity index (χ3n) is 5.24. The first-order valence-electron chi connectivity index (χ1n) is 9.79. The molecule has 3 aromatic carbocycles. The van der Waals surface area contributed by atoms with Gasteiger partial charge in [0.2, 0.25) is 0 Å². The van der Waals surface area contributed by atoms with E-state index in [1.54, 1.807) is 12.1 Å². The Labute approximate surface area is 176 Å². The van der Waals surface area contributed by atoms with Crippen LogP contribution in [-0.4, -0.2) is 42.3 Å². The molecule has 29 heavy (non-hydrogen) atoms. The Morgan fingerprint density at radius 2 is 1.38 bits per heavy atom. The summed E-state index contributed by atoms with van der Waals surface area (Å²) in [5.41, 5.74) is 2.91. The van der Waals surface area contributed by atoms with Gasteiger partial charge >= 0.3 is 0 Å². The van der Waals surface area contributed by atoms with Gasteiger partial charge in [0.25, 0.3) is 0 Å². The predicted octanol–water partition coefficient (Wildman–Crippen LogP) is 5.22. The predicted molar refractivity (Wildman–Crippen MR) is 117 cm³/mol. The maximum atomic E-state index is 13.9. The van der Waals surface area contributed by atoms with E-state index in [1.165, 1.54) is 23.4 Å². The van der Waals surface area contributed by atoms with Gasteiger partial charge in [0, 0.05) is 31.7 Å². The summed E-state index contributed by atoms with van der Waals surface area (Å²) < 4.78 is 13.9. The Morgan fingerprint density at radius 1 is 0.793 bits per heavy atom. The van der Waals surface area contributed by atoms with Gasteiger partial charge in [-0.3, -0.25) is 9.91 Å². The maximum absolute atomic E-state index is 13.9. The van der Waals surface area contributed by atoms with Crippen molar-refractivity contribution in [1.29, 1.82) is 0 Å². The SMILES string of the molecule is Fc1cccc(Cl)c1/C=N/N1CCN(C(c2ccccc2)c2ccccc2)CC1. The largest absolute Gasteiger partial charge is 0.294 e. The maximum Gasteiger partial charge on any atom is 0.133 e. The average molecular weight is 408 g/mol. The first-order chi connectivity index (χ1) is 14.2. The lowest BCUT2D eigenvalue weighted by Crippen LogP contribution is -2.45. The van der Waals surface area contributed by atoms with E-state index in [-0.39, 0.29) is 11.9 Å². The number of nitrogens with zero attached hydrogens (tertiary/aromatic N) is 3. The zero-order chi connectivity index (χ0) is 20.1. The molecule has 0 unspecified atom stereocenters. The highest BCUT2D eigenvalue weighted by Gasteiger charge is 2.25.